The lowest BCUT2D eigenvalue weighted by Gasteiger charge is -2.09. The number of carbonyl (C=O) groups is 1. The highest BCUT2D eigenvalue weighted by molar-refractivity contribution is 7.80. The Bertz CT molecular complexity index is 1420. The van der Waals surface area contributed by atoms with Gasteiger partial charge in [0.05, 0.1) is 5.56 Å². The molecular formula is C28H24N2O3S. The van der Waals surface area contributed by atoms with Gasteiger partial charge in [-0.05, 0) is 65.2 Å². The van der Waals surface area contributed by atoms with Gasteiger partial charge >= 0.3 is 5.63 Å². The van der Waals surface area contributed by atoms with Crippen molar-refractivity contribution in [2.45, 2.75) is 19.8 Å². The van der Waals surface area contributed by atoms with Crippen molar-refractivity contribution in [2.24, 2.45) is 0 Å². The van der Waals surface area contributed by atoms with Crippen LogP contribution in [0.15, 0.2) is 94.2 Å². The lowest BCUT2D eigenvalue weighted by atomic mass is 10.0. The molecule has 0 atom stereocenters. The molecular weight excluding hydrogens is 444 g/mol. The number of para-hydroxylation sites is 1. The van der Waals surface area contributed by atoms with Crippen LogP contribution in [0.5, 0.6) is 0 Å². The highest BCUT2D eigenvalue weighted by atomic mass is 32.1. The topological polar surface area (TPSA) is 71.3 Å². The van der Waals surface area contributed by atoms with E-state index in [1.54, 1.807) is 36.4 Å². The number of hydrogen-bond donors (Lipinski definition) is 2. The average Bonchev–Trinajstić information content (AvgIpc) is 2.83. The molecule has 1 aromatic heterocycles. The molecule has 0 bridgehead atoms. The molecule has 0 saturated carbocycles. The summed E-state index contributed by atoms with van der Waals surface area (Å²) in [7, 11) is 0. The molecule has 4 rings (SSSR count). The van der Waals surface area contributed by atoms with Crippen molar-refractivity contribution >= 4 is 46.0 Å². The third-order valence-corrected chi connectivity index (χ3v) is 5.57. The van der Waals surface area contributed by atoms with Crippen LogP contribution in [0.2, 0.25) is 0 Å². The van der Waals surface area contributed by atoms with Gasteiger partial charge in [-0.25, -0.2) is 4.79 Å². The van der Waals surface area contributed by atoms with E-state index in [4.69, 9.17) is 16.6 Å². The zero-order chi connectivity index (χ0) is 24.1. The van der Waals surface area contributed by atoms with Gasteiger partial charge < -0.3 is 9.73 Å². The third kappa shape index (κ3) is 5.66. The first-order chi connectivity index (χ1) is 16.4. The van der Waals surface area contributed by atoms with Gasteiger partial charge in [0.2, 0.25) is 5.91 Å². The number of nitrogens with one attached hydrogen (secondary N) is 2. The van der Waals surface area contributed by atoms with E-state index in [9.17, 15) is 9.59 Å². The van der Waals surface area contributed by atoms with Crippen molar-refractivity contribution in [3.63, 3.8) is 0 Å². The molecule has 34 heavy (non-hydrogen) atoms. The van der Waals surface area contributed by atoms with E-state index in [2.05, 4.69) is 36.6 Å². The first kappa shape index (κ1) is 23.1. The van der Waals surface area contributed by atoms with Gasteiger partial charge in [0.25, 0.3) is 0 Å². The zero-order valence-corrected chi connectivity index (χ0v) is 19.7. The van der Waals surface area contributed by atoms with Crippen LogP contribution in [0.3, 0.4) is 0 Å². The Balaban J connectivity index is 1.37. The maximum absolute atomic E-state index is 12.4. The van der Waals surface area contributed by atoms with Crippen LogP contribution in [0.25, 0.3) is 28.2 Å². The molecule has 0 fully saturated rings. The van der Waals surface area contributed by atoms with Crippen molar-refractivity contribution in [1.82, 2.24) is 5.32 Å². The number of thiocarbonyl (C=S) groups is 1. The molecule has 0 aliphatic heterocycles. The monoisotopic (exact) mass is 468 g/mol. The third-order valence-electron chi connectivity index (χ3n) is 5.36. The van der Waals surface area contributed by atoms with Crippen molar-refractivity contribution in [2.75, 3.05) is 5.32 Å². The van der Waals surface area contributed by atoms with Gasteiger partial charge in [-0.3, -0.25) is 10.1 Å². The lowest BCUT2D eigenvalue weighted by Crippen LogP contribution is -2.32. The second kappa shape index (κ2) is 10.3. The minimum absolute atomic E-state index is 0.183. The first-order valence-electron chi connectivity index (χ1n) is 10.9. The molecule has 0 radical (unpaired) electrons. The fourth-order valence-corrected chi connectivity index (χ4v) is 3.69. The van der Waals surface area contributed by atoms with Crippen LogP contribution in [0.4, 0.5) is 5.69 Å². The van der Waals surface area contributed by atoms with Crippen LogP contribution in [-0.4, -0.2) is 11.0 Å². The van der Waals surface area contributed by atoms with Crippen molar-refractivity contribution < 1.29 is 9.21 Å². The van der Waals surface area contributed by atoms with Gasteiger partial charge in [-0.15, -0.1) is 0 Å². The number of anilines is 1. The zero-order valence-electron chi connectivity index (χ0n) is 18.9. The number of benzene rings is 3. The van der Waals surface area contributed by atoms with Gasteiger partial charge in [0.15, 0.2) is 5.11 Å². The molecule has 0 saturated heterocycles. The minimum Gasteiger partial charge on any atom is -0.422 e. The molecule has 0 unspecified atom stereocenters. The molecule has 0 aliphatic carbocycles. The summed E-state index contributed by atoms with van der Waals surface area (Å²) in [4.78, 5) is 24.6. The molecule has 1 heterocycles. The maximum Gasteiger partial charge on any atom is 0.344 e. The summed E-state index contributed by atoms with van der Waals surface area (Å²) in [6.07, 6.45) is 3.19. The Kier molecular flexibility index (Phi) is 6.99. The maximum atomic E-state index is 12.4. The van der Waals surface area contributed by atoms with Crippen molar-refractivity contribution in [3.05, 3.63) is 106 Å². The van der Waals surface area contributed by atoms with E-state index in [-0.39, 0.29) is 11.0 Å². The number of fused-ring (bicyclic) bond motifs is 1. The quantitative estimate of drug-likeness (QED) is 0.210. The molecule has 170 valence electrons. The van der Waals surface area contributed by atoms with E-state index < -0.39 is 5.63 Å². The number of rotatable bonds is 5. The molecule has 4 aromatic rings. The second-order valence-electron chi connectivity index (χ2n) is 8.16. The highest BCUT2D eigenvalue weighted by Gasteiger charge is 2.08. The first-order valence-corrected chi connectivity index (χ1v) is 11.3. The molecule has 0 spiro atoms. The normalized spacial score (nSPS) is 11.1. The van der Waals surface area contributed by atoms with E-state index in [0.717, 1.165) is 16.5 Å². The fraction of sp³-hybridized carbons (Fsp3) is 0.107. The predicted octanol–water partition coefficient (Wildman–Crippen LogP) is 6.11. The number of amides is 1. The van der Waals surface area contributed by atoms with Crippen LogP contribution < -0.4 is 16.3 Å². The Morgan fingerprint density at radius 3 is 2.38 bits per heavy atom. The summed E-state index contributed by atoms with van der Waals surface area (Å²) in [5.74, 6) is 0.139. The van der Waals surface area contributed by atoms with E-state index in [1.807, 2.05) is 36.4 Å². The fourth-order valence-electron chi connectivity index (χ4n) is 3.48. The van der Waals surface area contributed by atoms with Crippen molar-refractivity contribution in [3.8, 4) is 11.1 Å². The van der Waals surface area contributed by atoms with Crippen molar-refractivity contribution in [1.29, 1.82) is 0 Å². The predicted molar refractivity (Wildman–Crippen MR) is 142 cm³/mol. The molecule has 2 N–H and O–H groups in total. The van der Waals surface area contributed by atoms with Gasteiger partial charge in [-0.2, -0.15) is 0 Å². The molecule has 6 heteroatoms. The molecule has 0 aliphatic rings. The Labute approximate surface area is 203 Å². The summed E-state index contributed by atoms with van der Waals surface area (Å²) in [6.45, 7) is 4.28. The number of carbonyl (C=O) groups excluding carboxylic acids is 1. The average molecular weight is 469 g/mol. The van der Waals surface area contributed by atoms with Gasteiger partial charge in [0, 0.05) is 17.1 Å². The Hall–Kier alpha value is -4.03. The summed E-state index contributed by atoms with van der Waals surface area (Å²) < 4.78 is 5.41. The number of hydrogen-bond acceptors (Lipinski definition) is 4. The van der Waals surface area contributed by atoms with Crippen LogP contribution in [-0.2, 0) is 4.79 Å². The summed E-state index contributed by atoms with van der Waals surface area (Å²) >= 11 is 5.25. The molecule has 5 nitrogen and oxygen atoms in total. The summed E-state index contributed by atoms with van der Waals surface area (Å²) in [5.41, 5.74) is 4.24. The lowest BCUT2D eigenvalue weighted by molar-refractivity contribution is -0.115. The van der Waals surface area contributed by atoms with E-state index in [1.165, 1.54) is 11.6 Å². The van der Waals surface area contributed by atoms with E-state index >= 15 is 0 Å². The Morgan fingerprint density at radius 1 is 0.971 bits per heavy atom. The van der Waals surface area contributed by atoms with Crippen LogP contribution >= 0.6 is 12.2 Å². The molecule has 3 aromatic carbocycles. The smallest absolute Gasteiger partial charge is 0.344 e. The second-order valence-corrected chi connectivity index (χ2v) is 8.57. The summed E-state index contributed by atoms with van der Waals surface area (Å²) in [5, 5.41) is 6.65. The van der Waals surface area contributed by atoms with Gasteiger partial charge in [-0.1, -0.05) is 68.4 Å². The SMILES string of the molecule is CC(C)c1ccc(/C=C/C(=O)NC(=S)Nc2ccc(-c3cc4ccccc4oc3=O)cc2)cc1. The Morgan fingerprint density at radius 2 is 1.68 bits per heavy atom. The van der Waals surface area contributed by atoms with Gasteiger partial charge in [0.1, 0.15) is 5.58 Å². The largest absolute Gasteiger partial charge is 0.422 e. The minimum atomic E-state index is -0.396. The highest BCUT2D eigenvalue weighted by Crippen LogP contribution is 2.22. The summed E-state index contributed by atoms with van der Waals surface area (Å²) in [6, 6.07) is 24.4. The molecule has 1 amide bonds. The van der Waals surface area contributed by atoms with Crippen LogP contribution in [0, 0.1) is 0 Å². The standard InChI is InChI=1S/C28H24N2O3S/c1-18(2)20-10-7-19(8-11-20)9-16-26(31)30-28(34)29-23-14-12-21(13-15-23)24-17-22-5-3-4-6-25(22)33-27(24)32/h3-18H,1-2H3,(H2,29,30,31,34)/b16-9+. The van der Waals surface area contributed by atoms with Crippen LogP contribution in [0.1, 0.15) is 30.9 Å². The van der Waals surface area contributed by atoms with E-state index in [0.29, 0.717) is 22.8 Å².